The van der Waals surface area contributed by atoms with Crippen molar-refractivity contribution in [2.75, 3.05) is 10.9 Å². The molecule has 8 heteroatoms. The summed E-state index contributed by atoms with van der Waals surface area (Å²) < 4.78 is 37.7. The quantitative estimate of drug-likeness (QED) is 0.585. The van der Waals surface area contributed by atoms with E-state index in [1.54, 1.807) is 26.0 Å². The van der Waals surface area contributed by atoms with Crippen molar-refractivity contribution in [1.29, 1.82) is 0 Å². The predicted molar refractivity (Wildman–Crippen MR) is 108 cm³/mol. The molecule has 0 fully saturated rings. The fraction of sp³-hybridized carbons (Fsp3) is 0.238. The lowest BCUT2D eigenvalue weighted by molar-refractivity contribution is -0.115. The summed E-state index contributed by atoms with van der Waals surface area (Å²) in [6.45, 7) is 6.50. The van der Waals surface area contributed by atoms with Crippen molar-refractivity contribution >= 4 is 38.6 Å². The maximum absolute atomic E-state index is 13.1. The van der Waals surface area contributed by atoms with Gasteiger partial charge in [-0.05, 0) is 51.1 Å². The third kappa shape index (κ3) is 3.75. The van der Waals surface area contributed by atoms with Crippen molar-refractivity contribution in [2.24, 2.45) is 0 Å². The number of amides is 1. The molecule has 152 valence electrons. The van der Waals surface area contributed by atoms with Gasteiger partial charge in [0.2, 0.25) is 5.91 Å². The van der Waals surface area contributed by atoms with Crippen molar-refractivity contribution in [1.82, 2.24) is 0 Å². The van der Waals surface area contributed by atoms with Crippen LogP contribution >= 0.6 is 0 Å². The number of hydrogen-bond acceptors (Lipinski definition) is 6. The lowest BCUT2D eigenvalue weighted by Crippen LogP contribution is -2.35. The van der Waals surface area contributed by atoms with Crippen LogP contribution in [0.1, 0.15) is 35.5 Å². The second-order valence-electron chi connectivity index (χ2n) is 6.54. The smallest absolute Gasteiger partial charge is 0.342 e. The van der Waals surface area contributed by atoms with Crippen LogP contribution in [0, 0.1) is 13.8 Å². The monoisotopic (exact) mass is 415 g/mol. The molecule has 0 aliphatic rings. The average molecular weight is 415 g/mol. The molecule has 0 spiro atoms. The van der Waals surface area contributed by atoms with Gasteiger partial charge in [-0.3, -0.25) is 4.79 Å². The van der Waals surface area contributed by atoms with Gasteiger partial charge in [0, 0.05) is 12.3 Å². The van der Waals surface area contributed by atoms with Crippen molar-refractivity contribution in [3.8, 4) is 0 Å². The molecule has 0 saturated heterocycles. The Labute approximate surface area is 168 Å². The summed E-state index contributed by atoms with van der Waals surface area (Å²) in [5, 5.41) is 0.379. The molecule has 7 nitrogen and oxygen atoms in total. The molecule has 0 aliphatic carbocycles. The number of nitrogens with zero attached hydrogens (tertiary/aromatic N) is 1. The van der Waals surface area contributed by atoms with E-state index in [2.05, 4.69) is 0 Å². The summed E-state index contributed by atoms with van der Waals surface area (Å²) in [5.74, 6) is -0.897. The van der Waals surface area contributed by atoms with Crippen molar-refractivity contribution in [3.05, 3.63) is 59.4 Å². The molecule has 0 bridgehead atoms. The Morgan fingerprint density at radius 2 is 1.72 bits per heavy atom. The zero-order chi connectivity index (χ0) is 21.3. The summed E-state index contributed by atoms with van der Waals surface area (Å²) in [6, 6.07) is 10.7. The largest absolute Gasteiger partial charge is 0.462 e. The highest BCUT2D eigenvalue weighted by Gasteiger charge is 2.30. The number of carbonyl (C=O) groups excluding carboxylic acids is 2. The Balaban J connectivity index is 2.17. The van der Waals surface area contributed by atoms with Crippen molar-refractivity contribution in [2.45, 2.75) is 32.6 Å². The molecule has 29 heavy (non-hydrogen) atoms. The number of furan rings is 1. The molecule has 1 heterocycles. The summed E-state index contributed by atoms with van der Waals surface area (Å²) in [4.78, 5) is 24.6. The second-order valence-corrected chi connectivity index (χ2v) is 8.32. The van der Waals surface area contributed by atoms with Gasteiger partial charge in [0.15, 0.2) is 0 Å². The number of benzene rings is 2. The number of aryl methyl sites for hydroxylation is 2. The van der Waals surface area contributed by atoms with E-state index in [9.17, 15) is 18.0 Å². The summed E-state index contributed by atoms with van der Waals surface area (Å²) in [7, 11) is -4.14. The minimum atomic E-state index is -4.14. The number of rotatable bonds is 5. The van der Waals surface area contributed by atoms with Gasteiger partial charge in [-0.2, -0.15) is 0 Å². The van der Waals surface area contributed by atoms with Gasteiger partial charge in [-0.15, -0.1) is 0 Å². The van der Waals surface area contributed by atoms with Crippen LogP contribution < -0.4 is 4.31 Å². The van der Waals surface area contributed by atoms with Gasteiger partial charge >= 0.3 is 5.97 Å². The molecule has 1 amide bonds. The Bertz CT molecular complexity index is 1190. The fourth-order valence-electron chi connectivity index (χ4n) is 3.10. The van der Waals surface area contributed by atoms with Crippen LogP contribution in [-0.2, 0) is 19.6 Å². The van der Waals surface area contributed by atoms with Gasteiger partial charge in [0.05, 0.1) is 17.2 Å². The van der Waals surface area contributed by atoms with Crippen LogP contribution in [0.4, 0.5) is 5.69 Å². The highest BCUT2D eigenvalue weighted by atomic mass is 32.2. The molecule has 0 unspecified atom stereocenters. The zero-order valence-corrected chi connectivity index (χ0v) is 17.4. The van der Waals surface area contributed by atoms with Crippen LogP contribution in [0.15, 0.2) is 51.8 Å². The normalized spacial score (nSPS) is 11.4. The number of esters is 1. The van der Waals surface area contributed by atoms with E-state index >= 15 is 0 Å². The molecule has 0 saturated carbocycles. The molecular weight excluding hydrogens is 394 g/mol. The topological polar surface area (TPSA) is 93.9 Å². The van der Waals surface area contributed by atoms with E-state index in [-0.39, 0.29) is 22.8 Å². The highest BCUT2D eigenvalue weighted by molar-refractivity contribution is 7.93. The minimum Gasteiger partial charge on any atom is -0.462 e. The third-order valence-corrected chi connectivity index (χ3v) is 6.22. The Hall–Kier alpha value is -3.13. The van der Waals surface area contributed by atoms with E-state index < -0.39 is 21.9 Å². The molecule has 2 aromatic carbocycles. The highest BCUT2D eigenvalue weighted by Crippen LogP contribution is 2.32. The first-order chi connectivity index (χ1) is 13.7. The van der Waals surface area contributed by atoms with Crippen molar-refractivity contribution in [3.63, 3.8) is 0 Å². The Morgan fingerprint density at radius 1 is 1.07 bits per heavy atom. The number of ether oxygens (including phenoxy) is 1. The van der Waals surface area contributed by atoms with Crippen LogP contribution in [0.3, 0.4) is 0 Å². The van der Waals surface area contributed by atoms with Gasteiger partial charge < -0.3 is 9.15 Å². The minimum absolute atomic E-state index is 0.00705. The van der Waals surface area contributed by atoms with Crippen LogP contribution in [0.5, 0.6) is 0 Å². The first-order valence-corrected chi connectivity index (χ1v) is 10.4. The molecule has 3 rings (SSSR count). The summed E-state index contributed by atoms with van der Waals surface area (Å²) in [6.07, 6.45) is 0. The maximum Gasteiger partial charge on any atom is 0.342 e. The lowest BCUT2D eigenvalue weighted by Gasteiger charge is -2.21. The molecule has 0 aliphatic heterocycles. The van der Waals surface area contributed by atoms with E-state index in [0.717, 1.165) is 5.56 Å². The molecule has 0 atom stereocenters. The molecule has 0 N–H and O–H groups in total. The maximum atomic E-state index is 13.1. The summed E-state index contributed by atoms with van der Waals surface area (Å²) in [5.41, 5.74) is 1.61. The van der Waals surface area contributed by atoms with E-state index in [1.807, 2.05) is 6.92 Å². The van der Waals surface area contributed by atoms with Crippen molar-refractivity contribution < 1.29 is 27.2 Å². The van der Waals surface area contributed by atoms with E-state index in [0.29, 0.717) is 21.0 Å². The third-order valence-electron chi connectivity index (χ3n) is 4.41. The number of hydrogen-bond donors (Lipinski definition) is 0. The Morgan fingerprint density at radius 3 is 2.31 bits per heavy atom. The molecule has 0 radical (unpaired) electrons. The van der Waals surface area contributed by atoms with Gasteiger partial charge in [0.1, 0.15) is 16.9 Å². The number of carbonyl (C=O) groups is 2. The van der Waals surface area contributed by atoms with Gasteiger partial charge in [0.25, 0.3) is 10.0 Å². The predicted octanol–water partition coefficient (Wildman–Crippen LogP) is 3.97. The first-order valence-electron chi connectivity index (χ1n) is 8.99. The van der Waals surface area contributed by atoms with Gasteiger partial charge in [-0.25, -0.2) is 17.5 Å². The van der Waals surface area contributed by atoms with Crippen LogP contribution in [-0.4, -0.2) is 26.9 Å². The van der Waals surface area contributed by atoms with Gasteiger partial charge in [-0.1, -0.05) is 17.7 Å². The Kier molecular flexibility index (Phi) is 5.48. The lowest BCUT2D eigenvalue weighted by atomic mass is 10.1. The number of fused-ring (bicyclic) bond motifs is 1. The summed E-state index contributed by atoms with van der Waals surface area (Å²) >= 11 is 0. The zero-order valence-electron chi connectivity index (χ0n) is 16.6. The second kappa shape index (κ2) is 7.71. The molecule has 1 aromatic heterocycles. The van der Waals surface area contributed by atoms with E-state index in [4.69, 9.17) is 9.15 Å². The van der Waals surface area contributed by atoms with Crippen LogP contribution in [0.25, 0.3) is 11.0 Å². The fourth-order valence-corrected chi connectivity index (χ4v) is 4.52. The number of sulfonamides is 1. The van der Waals surface area contributed by atoms with Crippen LogP contribution in [0.2, 0.25) is 0 Å². The molecule has 3 aromatic rings. The SMILES string of the molecule is CCOC(=O)c1c(C)oc2ccc(N(C(C)=O)S(=O)(=O)c3ccc(C)cc3)cc12. The average Bonchev–Trinajstić information content (AvgIpc) is 2.97. The van der Waals surface area contributed by atoms with E-state index in [1.165, 1.54) is 37.3 Å². The number of anilines is 1. The first kappa shape index (κ1) is 20.6. The standard InChI is InChI=1S/C21H21NO6S/c1-5-27-21(24)20-14(3)28-19-11-8-16(12-18(19)20)22(15(4)23)29(25,26)17-9-6-13(2)7-10-17/h6-12H,5H2,1-4H3. The molecular formula is C21H21NO6S.